The van der Waals surface area contributed by atoms with E-state index in [9.17, 15) is 4.79 Å². The van der Waals surface area contributed by atoms with Gasteiger partial charge in [-0.3, -0.25) is 4.79 Å². The lowest BCUT2D eigenvalue weighted by atomic mass is 10.1. The van der Waals surface area contributed by atoms with E-state index in [-0.39, 0.29) is 5.91 Å². The maximum atomic E-state index is 12.1. The van der Waals surface area contributed by atoms with Crippen LogP contribution in [0, 0.1) is 0 Å². The molecule has 2 nitrogen and oxygen atoms in total. The van der Waals surface area contributed by atoms with E-state index < -0.39 is 0 Å². The van der Waals surface area contributed by atoms with Gasteiger partial charge in [0.1, 0.15) is 0 Å². The molecule has 0 fully saturated rings. The van der Waals surface area contributed by atoms with Gasteiger partial charge in [0.05, 0.1) is 0 Å². The molecule has 2 aromatic rings. The summed E-state index contributed by atoms with van der Waals surface area (Å²) in [6.45, 7) is 2.15. The van der Waals surface area contributed by atoms with E-state index in [0.717, 1.165) is 24.9 Å². The van der Waals surface area contributed by atoms with Crippen molar-refractivity contribution in [2.24, 2.45) is 0 Å². The van der Waals surface area contributed by atoms with Crippen LogP contribution in [0.3, 0.4) is 0 Å². The van der Waals surface area contributed by atoms with E-state index in [2.05, 4.69) is 31.2 Å². The molecular weight excluding hydrogens is 234 g/mol. The van der Waals surface area contributed by atoms with Gasteiger partial charge in [-0.25, -0.2) is 0 Å². The van der Waals surface area contributed by atoms with Gasteiger partial charge in [0.15, 0.2) is 0 Å². The maximum absolute atomic E-state index is 12.1. The van der Waals surface area contributed by atoms with Crippen molar-refractivity contribution in [3.05, 3.63) is 42.5 Å². The maximum Gasteiger partial charge on any atom is 0.226 e. The average molecular weight is 255 g/mol. The minimum atomic E-state index is 0.198. The Labute approximate surface area is 115 Å². The number of hydrogen-bond acceptors (Lipinski definition) is 1. The molecule has 19 heavy (non-hydrogen) atoms. The van der Waals surface area contributed by atoms with Crippen molar-refractivity contribution < 1.29 is 4.79 Å². The molecule has 0 spiro atoms. The number of carbonyl (C=O) groups excluding carboxylic acids is 1. The third-order valence-electron chi connectivity index (χ3n) is 3.49. The Kier molecular flexibility index (Phi) is 4.56. The first-order chi connectivity index (χ1) is 9.22. The molecule has 0 saturated carbocycles. The van der Waals surface area contributed by atoms with E-state index >= 15 is 0 Å². The normalized spacial score (nSPS) is 10.6. The molecule has 0 aliphatic heterocycles. The first-order valence-corrected chi connectivity index (χ1v) is 6.97. The Hall–Kier alpha value is -1.83. The van der Waals surface area contributed by atoms with Crippen molar-refractivity contribution in [2.45, 2.75) is 32.6 Å². The summed E-state index contributed by atoms with van der Waals surface area (Å²) in [7, 11) is 1.86. The highest BCUT2D eigenvalue weighted by molar-refractivity contribution is 5.95. The number of rotatable bonds is 5. The Morgan fingerprint density at radius 3 is 2.53 bits per heavy atom. The lowest BCUT2D eigenvalue weighted by molar-refractivity contribution is -0.118. The van der Waals surface area contributed by atoms with Crippen molar-refractivity contribution >= 4 is 22.4 Å². The molecule has 0 N–H and O–H groups in total. The fourth-order valence-corrected chi connectivity index (χ4v) is 2.22. The molecule has 100 valence electrons. The molecule has 0 saturated heterocycles. The molecule has 0 aliphatic rings. The first-order valence-electron chi connectivity index (χ1n) is 6.97. The zero-order valence-corrected chi connectivity index (χ0v) is 11.7. The van der Waals surface area contributed by atoms with Crippen LogP contribution >= 0.6 is 0 Å². The minimum Gasteiger partial charge on any atom is -0.315 e. The molecule has 0 atom stereocenters. The summed E-state index contributed by atoms with van der Waals surface area (Å²) in [4.78, 5) is 13.8. The highest BCUT2D eigenvalue weighted by atomic mass is 16.2. The van der Waals surface area contributed by atoms with Crippen molar-refractivity contribution in [2.75, 3.05) is 11.9 Å². The van der Waals surface area contributed by atoms with Crippen LogP contribution in [0.5, 0.6) is 0 Å². The van der Waals surface area contributed by atoms with E-state index in [1.165, 1.54) is 10.8 Å². The van der Waals surface area contributed by atoms with Gasteiger partial charge in [-0.05, 0) is 29.3 Å². The van der Waals surface area contributed by atoms with Crippen LogP contribution < -0.4 is 4.90 Å². The first kappa shape index (κ1) is 13.6. The average Bonchev–Trinajstić information content (AvgIpc) is 2.46. The lowest BCUT2D eigenvalue weighted by Gasteiger charge is -2.18. The van der Waals surface area contributed by atoms with Crippen molar-refractivity contribution in [1.82, 2.24) is 0 Å². The topological polar surface area (TPSA) is 20.3 Å². The Morgan fingerprint density at radius 2 is 1.79 bits per heavy atom. The second kappa shape index (κ2) is 6.37. The Bertz CT molecular complexity index is 562. The van der Waals surface area contributed by atoms with Gasteiger partial charge in [-0.2, -0.15) is 0 Å². The summed E-state index contributed by atoms with van der Waals surface area (Å²) in [5.41, 5.74) is 0.972. The Morgan fingerprint density at radius 1 is 1.05 bits per heavy atom. The highest BCUT2D eigenvalue weighted by Gasteiger charge is 2.10. The van der Waals surface area contributed by atoms with Gasteiger partial charge in [-0.15, -0.1) is 0 Å². The van der Waals surface area contributed by atoms with Crippen molar-refractivity contribution in [3.8, 4) is 0 Å². The van der Waals surface area contributed by atoms with Gasteiger partial charge in [-0.1, -0.05) is 50.1 Å². The fraction of sp³-hybridized carbons (Fsp3) is 0.353. The molecule has 0 heterocycles. The standard InChI is InChI=1S/C17H21NO/c1-3-4-5-10-17(19)18(2)16-12-11-14-8-6-7-9-15(14)13-16/h6-9,11-13H,3-5,10H2,1-2H3. The van der Waals surface area contributed by atoms with E-state index in [1.807, 2.05) is 25.2 Å². The van der Waals surface area contributed by atoms with Crippen molar-refractivity contribution in [3.63, 3.8) is 0 Å². The predicted molar refractivity (Wildman–Crippen MR) is 81.5 cm³/mol. The third-order valence-corrected chi connectivity index (χ3v) is 3.49. The van der Waals surface area contributed by atoms with Gasteiger partial charge < -0.3 is 4.90 Å². The van der Waals surface area contributed by atoms with Crippen molar-refractivity contribution in [1.29, 1.82) is 0 Å². The predicted octanol–water partition coefficient (Wildman–Crippen LogP) is 4.38. The molecular formula is C17H21NO. The van der Waals surface area contributed by atoms with Crippen LogP contribution in [0.2, 0.25) is 0 Å². The van der Waals surface area contributed by atoms with Gasteiger partial charge in [0.2, 0.25) is 5.91 Å². The third kappa shape index (κ3) is 3.34. The molecule has 0 aromatic heterocycles. The smallest absolute Gasteiger partial charge is 0.226 e. The Balaban J connectivity index is 2.12. The molecule has 0 radical (unpaired) electrons. The lowest BCUT2D eigenvalue weighted by Crippen LogP contribution is -2.25. The van der Waals surface area contributed by atoms with Crippen LogP contribution in [0.1, 0.15) is 32.6 Å². The van der Waals surface area contributed by atoms with Crippen LogP contribution in [-0.4, -0.2) is 13.0 Å². The number of carbonyl (C=O) groups is 1. The van der Waals surface area contributed by atoms with Crippen LogP contribution in [0.15, 0.2) is 42.5 Å². The second-order valence-corrected chi connectivity index (χ2v) is 4.94. The SMILES string of the molecule is CCCCCC(=O)N(C)c1ccc2ccccc2c1. The zero-order chi connectivity index (χ0) is 13.7. The van der Waals surface area contributed by atoms with Crippen LogP contribution in [0.25, 0.3) is 10.8 Å². The number of amides is 1. The fourth-order valence-electron chi connectivity index (χ4n) is 2.22. The van der Waals surface area contributed by atoms with Crippen LogP contribution in [-0.2, 0) is 4.79 Å². The summed E-state index contributed by atoms with van der Waals surface area (Å²) in [5, 5.41) is 2.38. The summed E-state index contributed by atoms with van der Waals surface area (Å²) >= 11 is 0. The van der Waals surface area contributed by atoms with Crippen LogP contribution in [0.4, 0.5) is 5.69 Å². The number of nitrogens with zero attached hydrogens (tertiary/aromatic N) is 1. The quantitative estimate of drug-likeness (QED) is 0.726. The highest BCUT2D eigenvalue weighted by Crippen LogP contribution is 2.22. The van der Waals surface area contributed by atoms with E-state index in [1.54, 1.807) is 4.90 Å². The zero-order valence-electron chi connectivity index (χ0n) is 11.7. The number of anilines is 1. The van der Waals surface area contributed by atoms with E-state index in [0.29, 0.717) is 6.42 Å². The van der Waals surface area contributed by atoms with Gasteiger partial charge in [0, 0.05) is 19.2 Å². The number of benzene rings is 2. The number of unbranched alkanes of at least 4 members (excludes halogenated alkanes) is 2. The minimum absolute atomic E-state index is 0.198. The monoisotopic (exact) mass is 255 g/mol. The molecule has 2 rings (SSSR count). The van der Waals surface area contributed by atoms with Gasteiger partial charge in [0.25, 0.3) is 0 Å². The molecule has 0 aliphatic carbocycles. The molecule has 2 aromatic carbocycles. The number of fused-ring (bicyclic) bond motifs is 1. The number of hydrogen-bond donors (Lipinski definition) is 0. The molecule has 1 amide bonds. The summed E-state index contributed by atoms with van der Waals surface area (Å²) in [5.74, 6) is 0.198. The summed E-state index contributed by atoms with van der Waals surface area (Å²) in [6, 6.07) is 14.4. The largest absolute Gasteiger partial charge is 0.315 e. The summed E-state index contributed by atoms with van der Waals surface area (Å²) < 4.78 is 0. The van der Waals surface area contributed by atoms with E-state index in [4.69, 9.17) is 0 Å². The molecule has 2 heteroatoms. The molecule has 0 unspecified atom stereocenters. The summed E-state index contributed by atoms with van der Waals surface area (Å²) in [6.07, 6.45) is 3.88. The van der Waals surface area contributed by atoms with Gasteiger partial charge >= 0.3 is 0 Å². The second-order valence-electron chi connectivity index (χ2n) is 4.94. The molecule has 0 bridgehead atoms.